The Labute approximate surface area is 142 Å². The van der Waals surface area contributed by atoms with Crippen molar-refractivity contribution in [1.29, 1.82) is 0 Å². The predicted molar refractivity (Wildman–Crippen MR) is 96.1 cm³/mol. The molecule has 0 unspecified atom stereocenters. The Hall–Kier alpha value is -0.880. The van der Waals surface area contributed by atoms with E-state index >= 15 is 0 Å². The minimum Gasteiger partial charge on any atom is -0.358 e. The largest absolute Gasteiger partial charge is 0.358 e. The van der Waals surface area contributed by atoms with Gasteiger partial charge in [-0.25, -0.2) is 0 Å². The third-order valence-electron chi connectivity index (χ3n) is 5.94. The molecule has 6 atom stereocenters. The van der Waals surface area contributed by atoms with Gasteiger partial charge in [-0.2, -0.15) is 0 Å². The van der Waals surface area contributed by atoms with Crippen LogP contribution in [-0.2, 0) is 0 Å². The summed E-state index contributed by atoms with van der Waals surface area (Å²) in [6.07, 6.45) is 12.5. The summed E-state index contributed by atoms with van der Waals surface area (Å²) < 4.78 is 0. The van der Waals surface area contributed by atoms with Gasteiger partial charge in [0.15, 0.2) is 10.2 Å². The Bertz CT molecular complexity index is 506. The minimum absolute atomic E-state index is 0.476. The standard InChI is InChI=1S/C16H24N4S2/c21-15(17-13-7-9-1-3-11(13)5-9)19-20-16(22)18-14-8-10-2-4-12(14)6-10/h1,3,9-14H,2,4-8H2,(H2,17,19,21)(H2,18,20,22)/t9-,10-,11-,12-,13-,14+/m1/s1. The second-order valence-corrected chi connectivity index (χ2v) is 8.18. The third kappa shape index (κ3) is 2.95. The number of thiocarbonyl (C=S) groups is 2. The van der Waals surface area contributed by atoms with Gasteiger partial charge in [-0.05, 0) is 80.2 Å². The van der Waals surface area contributed by atoms with E-state index in [9.17, 15) is 0 Å². The molecule has 0 aromatic rings. The molecule has 0 amide bonds. The molecule has 4 aliphatic carbocycles. The minimum atomic E-state index is 0.476. The van der Waals surface area contributed by atoms with Gasteiger partial charge in [-0.1, -0.05) is 18.6 Å². The van der Waals surface area contributed by atoms with E-state index in [0.717, 1.165) is 17.8 Å². The fraction of sp³-hybridized carbons (Fsp3) is 0.750. The Balaban J connectivity index is 1.17. The molecule has 4 aliphatic rings. The van der Waals surface area contributed by atoms with Gasteiger partial charge in [-0.15, -0.1) is 0 Å². The van der Waals surface area contributed by atoms with Crippen molar-refractivity contribution in [2.24, 2.45) is 23.7 Å². The molecule has 0 aliphatic heterocycles. The van der Waals surface area contributed by atoms with Crippen LogP contribution in [0.25, 0.3) is 0 Å². The molecule has 0 radical (unpaired) electrons. The number of hydrazine groups is 1. The Morgan fingerprint density at radius 2 is 1.59 bits per heavy atom. The van der Waals surface area contributed by atoms with E-state index in [1.807, 2.05) is 0 Å². The first-order valence-electron chi connectivity index (χ1n) is 8.48. The average Bonchev–Trinajstić information content (AvgIpc) is 3.25. The van der Waals surface area contributed by atoms with Crippen molar-refractivity contribution in [1.82, 2.24) is 21.5 Å². The van der Waals surface area contributed by atoms with Crippen molar-refractivity contribution in [2.75, 3.05) is 0 Å². The molecule has 6 heteroatoms. The van der Waals surface area contributed by atoms with Crippen LogP contribution in [0.4, 0.5) is 0 Å². The van der Waals surface area contributed by atoms with Crippen molar-refractivity contribution in [3.63, 3.8) is 0 Å². The summed E-state index contributed by atoms with van der Waals surface area (Å²) >= 11 is 10.7. The maximum atomic E-state index is 5.38. The first-order chi connectivity index (χ1) is 10.7. The SMILES string of the molecule is S=C(NNC(=S)N[C@@H]1C[C@@H]2C=C[C@@H]1C2)N[C@H]1C[C@@H]2CC[C@@H]1C2. The van der Waals surface area contributed by atoms with Crippen molar-refractivity contribution < 1.29 is 0 Å². The Kier molecular flexibility index (Phi) is 3.98. The smallest absolute Gasteiger partial charge is 0.185 e. The van der Waals surface area contributed by atoms with Crippen LogP contribution in [-0.4, -0.2) is 22.3 Å². The average molecular weight is 337 g/mol. The number of rotatable bonds is 2. The zero-order valence-corrected chi connectivity index (χ0v) is 14.3. The van der Waals surface area contributed by atoms with Crippen LogP contribution in [0, 0.1) is 23.7 Å². The molecule has 120 valence electrons. The summed E-state index contributed by atoms with van der Waals surface area (Å²) in [5.74, 6) is 3.13. The van der Waals surface area contributed by atoms with Gasteiger partial charge < -0.3 is 10.6 Å². The molecule has 0 aromatic carbocycles. The molecule has 0 saturated heterocycles. The zero-order chi connectivity index (χ0) is 15.1. The van der Waals surface area contributed by atoms with Gasteiger partial charge in [0.05, 0.1) is 0 Å². The normalized spacial score (nSPS) is 40.7. The number of nitrogens with one attached hydrogen (secondary N) is 4. The van der Waals surface area contributed by atoms with Crippen LogP contribution in [0.3, 0.4) is 0 Å². The zero-order valence-electron chi connectivity index (χ0n) is 12.7. The van der Waals surface area contributed by atoms with Crippen LogP contribution < -0.4 is 21.5 Å². The lowest BCUT2D eigenvalue weighted by molar-refractivity contribution is 0.388. The summed E-state index contributed by atoms with van der Waals surface area (Å²) in [6, 6.07) is 1.03. The molecule has 0 aromatic heterocycles. The highest BCUT2D eigenvalue weighted by Crippen LogP contribution is 2.44. The molecule has 3 saturated carbocycles. The molecule has 4 N–H and O–H groups in total. The number of hydrogen-bond acceptors (Lipinski definition) is 2. The van der Waals surface area contributed by atoms with Gasteiger partial charge in [0.25, 0.3) is 0 Å². The molecule has 0 spiro atoms. The molecule has 4 nitrogen and oxygen atoms in total. The predicted octanol–water partition coefficient (Wildman–Crippen LogP) is 1.98. The molecule has 4 bridgehead atoms. The van der Waals surface area contributed by atoms with Crippen LogP contribution in [0.1, 0.15) is 38.5 Å². The fourth-order valence-electron chi connectivity index (χ4n) is 4.89. The topological polar surface area (TPSA) is 48.1 Å². The quantitative estimate of drug-likeness (QED) is 0.351. The van der Waals surface area contributed by atoms with E-state index in [2.05, 4.69) is 33.6 Å². The highest BCUT2D eigenvalue weighted by atomic mass is 32.1. The van der Waals surface area contributed by atoms with E-state index in [1.165, 1.54) is 38.5 Å². The number of hydrogen-bond donors (Lipinski definition) is 4. The first kappa shape index (κ1) is 14.7. The summed E-state index contributed by atoms with van der Waals surface area (Å²) in [7, 11) is 0. The highest BCUT2D eigenvalue weighted by Gasteiger charge is 2.39. The fourth-order valence-corrected chi connectivity index (χ4v) is 5.30. The van der Waals surface area contributed by atoms with Crippen molar-refractivity contribution in [2.45, 2.75) is 50.6 Å². The van der Waals surface area contributed by atoms with E-state index in [0.29, 0.717) is 28.2 Å². The Morgan fingerprint density at radius 3 is 2.14 bits per heavy atom. The van der Waals surface area contributed by atoms with E-state index in [4.69, 9.17) is 24.4 Å². The molecule has 3 fully saturated rings. The molecular formula is C16H24N4S2. The van der Waals surface area contributed by atoms with Gasteiger partial charge >= 0.3 is 0 Å². The van der Waals surface area contributed by atoms with Crippen LogP contribution in [0.2, 0.25) is 0 Å². The maximum absolute atomic E-state index is 5.38. The lowest BCUT2D eigenvalue weighted by atomic mass is 9.96. The summed E-state index contributed by atoms with van der Waals surface area (Å²) in [4.78, 5) is 0. The monoisotopic (exact) mass is 336 g/mol. The second kappa shape index (κ2) is 5.96. The third-order valence-corrected chi connectivity index (χ3v) is 6.38. The van der Waals surface area contributed by atoms with Gasteiger partial charge in [-0.3, -0.25) is 10.9 Å². The van der Waals surface area contributed by atoms with E-state index < -0.39 is 0 Å². The number of fused-ring (bicyclic) bond motifs is 4. The first-order valence-corrected chi connectivity index (χ1v) is 9.30. The van der Waals surface area contributed by atoms with Gasteiger partial charge in [0.1, 0.15) is 0 Å². The maximum Gasteiger partial charge on any atom is 0.185 e. The molecule has 0 heterocycles. The van der Waals surface area contributed by atoms with Gasteiger partial charge in [0.2, 0.25) is 0 Å². The molecular weight excluding hydrogens is 312 g/mol. The van der Waals surface area contributed by atoms with Crippen LogP contribution >= 0.6 is 24.4 Å². The summed E-state index contributed by atoms with van der Waals surface area (Å²) in [5, 5.41) is 8.15. The number of allylic oxidation sites excluding steroid dienone is 1. The van der Waals surface area contributed by atoms with E-state index in [1.54, 1.807) is 0 Å². The second-order valence-electron chi connectivity index (χ2n) is 7.37. The lowest BCUT2D eigenvalue weighted by Gasteiger charge is -2.26. The highest BCUT2D eigenvalue weighted by molar-refractivity contribution is 7.80. The summed E-state index contributed by atoms with van der Waals surface area (Å²) in [5.41, 5.74) is 6.06. The van der Waals surface area contributed by atoms with Crippen molar-refractivity contribution in [3.8, 4) is 0 Å². The molecule has 4 rings (SSSR count). The lowest BCUT2D eigenvalue weighted by Crippen LogP contribution is -2.54. The van der Waals surface area contributed by atoms with Crippen LogP contribution in [0.15, 0.2) is 12.2 Å². The van der Waals surface area contributed by atoms with Gasteiger partial charge in [0, 0.05) is 12.1 Å². The van der Waals surface area contributed by atoms with E-state index in [-0.39, 0.29) is 0 Å². The summed E-state index contributed by atoms with van der Waals surface area (Å²) in [6.45, 7) is 0. The molecule has 22 heavy (non-hydrogen) atoms. The van der Waals surface area contributed by atoms with Crippen molar-refractivity contribution in [3.05, 3.63) is 12.2 Å². The van der Waals surface area contributed by atoms with Crippen molar-refractivity contribution >= 4 is 34.7 Å². The Morgan fingerprint density at radius 1 is 0.818 bits per heavy atom. The van der Waals surface area contributed by atoms with Crippen LogP contribution in [0.5, 0.6) is 0 Å².